The summed E-state index contributed by atoms with van der Waals surface area (Å²) >= 11 is 0. The summed E-state index contributed by atoms with van der Waals surface area (Å²) in [5.41, 5.74) is 2.31. The Morgan fingerprint density at radius 2 is 1.65 bits per heavy atom. The molecule has 3 aromatic rings. The van der Waals surface area contributed by atoms with Crippen molar-refractivity contribution in [3.05, 3.63) is 95.1 Å². The second-order valence-electron chi connectivity index (χ2n) is 8.56. The van der Waals surface area contributed by atoms with Crippen LogP contribution in [0.25, 0.3) is 10.8 Å². The molecule has 0 nitrogen and oxygen atoms in total. The van der Waals surface area contributed by atoms with Crippen LogP contribution in [-0.4, -0.2) is 0 Å². The molecule has 1 aliphatic carbocycles. The molecule has 0 amide bonds. The lowest BCUT2D eigenvalue weighted by Gasteiger charge is -2.28. The molecule has 0 bridgehead atoms. The van der Waals surface area contributed by atoms with Gasteiger partial charge in [-0.25, -0.2) is 8.78 Å². The lowest BCUT2D eigenvalue weighted by molar-refractivity contribution is 0.311. The van der Waals surface area contributed by atoms with Crippen LogP contribution in [0.5, 0.6) is 0 Å². The molecule has 1 saturated carbocycles. The molecule has 0 saturated heterocycles. The predicted octanol–water partition coefficient (Wildman–Crippen LogP) is 8.15. The summed E-state index contributed by atoms with van der Waals surface area (Å²) in [7, 11) is 0. The summed E-state index contributed by atoms with van der Waals surface area (Å²) in [5, 5.41) is 1.75. The van der Waals surface area contributed by atoms with Crippen molar-refractivity contribution < 1.29 is 8.78 Å². The molecular formula is C29H28F2. The monoisotopic (exact) mass is 414 g/mol. The summed E-state index contributed by atoms with van der Waals surface area (Å²) in [6, 6.07) is 15.8. The molecular weight excluding hydrogens is 386 g/mol. The lowest BCUT2D eigenvalue weighted by atomic mass is 9.77. The molecule has 0 heterocycles. The van der Waals surface area contributed by atoms with Gasteiger partial charge in [0, 0.05) is 5.56 Å². The van der Waals surface area contributed by atoms with E-state index in [1.807, 2.05) is 30.3 Å². The van der Waals surface area contributed by atoms with Gasteiger partial charge in [0.25, 0.3) is 0 Å². The Labute approximate surface area is 184 Å². The number of benzene rings is 3. The van der Waals surface area contributed by atoms with Gasteiger partial charge < -0.3 is 0 Å². The van der Waals surface area contributed by atoms with Crippen molar-refractivity contribution in [2.75, 3.05) is 0 Å². The van der Waals surface area contributed by atoms with E-state index in [4.69, 9.17) is 0 Å². The van der Waals surface area contributed by atoms with E-state index in [-0.39, 0.29) is 11.6 Å². The van der Waals surface area contributed by atoms with E-state index in [1.54, 1.807) is 12.1 Å². The first kappa shape index (κ1) is 21.3. The van der Waals surface area contributed by atoms with Crippen LogP contribution in [0.2, 0.25) is 0 Å². The normalized spacial score (nSPS) is 18.8. The Hall–Kier alpha value is -2.92. The van der Waals surface area contributed by atoms with Gasteiger partial charge in [0.05, 0.1) is 5.56 Å². The van der Waals surface area contributed by atoms with Crippen LogP contribution in [0.3, 0.4) is 0 Å². The molecule has 0 aromatic heterocycles. The molecule has 0 spiro atoms. The molecule has 31 heavy (non-hydrogen) atoms. The highest BCUT2D eigenvalue weighted by Gasteiger charge is 2.22. The zero-order valence-electron chi connectivity index (χ0n) is 18.0. The molecule has 2 heteroatoms. The quantitative estimate of drug-likeness (QED) is 0.298. The van der Waals surface area contributed by atoms with Crippen LogP contribution in [-0.2, 0) is 0 Å². The molecule has 158 valence electrons. The van der Waals surface area contributed by atoms with Crippen LogP contribution in [0.1, 0.15) is 68.1 Å². The van der Waals surface area contributed by atoms with Crippen molar-refractivity contribution in [3.8, 4) is 11.8 Å². The minimum atomic E-state index is -0.254. The van der Waals surface area contributed by atoms with E-state index in [9.17, 15) is 8.78 Å². The van der Waals surface area contributed by atoms with Crippen LogP contribution in [0.4, 0.5) is 8.78 Å². The Kier molecular flexibility index (Phi) is 6.82. The number of fused-ring (bicyclic) bond motifs is 1. The second-order valence-corrected chi connectivity index (χ2v) is 8.56. The summed E-state index contributed by atoms with van der Waals surface area (Å²) in [5.74, 6) is 6.77. The summed E-state index contributed by atoms with van der Waals surface area (Å²) < 4.78 is 28.1. The lowest BCUT2D eigenvalue weighted by Crippen LogP contribution is -2.13. The maximum Gasteiger partial charge on any atom is 0.139 e. The molecule has 1 fully saturated rings. The maximum absolute atomic E-state index is 14.7. The van der Waals surface area contributed by atoms with Gasteiger partial charge in [-0.05, 0) is 110 Å². The first-order valence-corrected chi connectivity index (χ1v) is 11.2. The van der Waals surface area contributed by atoms with Gasteiger partial charge in [0.2, 0.25) is 0 Å². The van der Waals surface area contributed by atoms with Gasteiger partial charge in [0.1, 0.15) is 11.6 Å². The van der Waals surface area contributed by atoms with Crippen LogP contribution in [0, 0.1) is 29.4 Å². The van der Waals surface area contributed by atoms with Crippen molar-refractivity contribution >= 4 is 10.8 Å². The van der Waals surface area contributed by atoms with Crippen LogP contribution in [0.15, 0.2) is 66.7 Å². The largest absolute Gasteiger partial charge is 0.207 e. The third-order valence-corrected chi connectivity index (χ3v) is 6.43. The minimum Gasteiger partial charge on any atom is -0.207 e. The van der Waals surface area contributed by atoms with Crippen LogP contribution < -0.4 is 0 Å². The fourth-order valence-electron chi connectivity index (χ4n) is 4.60. The van der Waals surface area contributed by atoms with E-state index in [2.05, 4.69) is 30.9 Å². The number of hydrogen-bond acceptors (Lipinski definition) is 0. The summed E-state index contributed by atoms with van der Waals surface area (Å²) in [4.78, 5) is 0. The smallest absolute Gasteiger partial charge is 0.139 e. The highest BCUT2D eigenvalue weighted by Crippen LogP contribution is 2.37. The summed E-state index contributed by atoms with van der Waals surface area (Å²) in [6.07, 6.45) is 11.6. The van der Waals surface area contributed by atoms with Gasteiger partial charge in [0.15, 0.2) is 0 Å². The first-order chi connectivity index (χ1) is 15.1. The van der Waals surface area contributed by atoms with E-state index in [1.165, 1.54) is 37.8 Å². The van der Waals surface area contributed by atoms with Gasteiger partial charge >= 0.3 is 0 Å². The number of rotatable bonds is 4. The fraction of sp³-hybridized carbons (Fsp3) is 0.310. The highest BCUT2D eigenvalue weighted by atomic mass is 19.1. The Balaban J connectivity index is 1.42. The van der Waals surface area contributed by atoms with Gasteiger partial charge in [-0.1, -0.05) is 42.2 Å². The van der Waals surface area contributed by atoms with Gasteiger partial charge in [-0.15, -0.1) is 0 Å². The zero-order chi connectivity index (χ0) is 21.6. The Morgan fingerprint density at radius 3 is 2.42 bits per heavy atom. The molecule has 0 unspecified atom stereocenters. The third-order valence-electron chi connectivity index (χ3n) is 6.43. The predicted molar refractivity (Wildman–Crippen MR) is 125 cm³/mol. The van der Waals surface area contributed by atoms with E-state index in [0.29, 0.717) is 11.5 Å². The van der Waals surface area contributed by atoms with Crippen molar-refractivity contribution in [1.29, 1.82) is 0 Å². The van der Waals surface area contributed by atoms with Crippen molar-refractivity contribution in [2.45, 2.75) is 51.4 Å². The third kappa shape index (κ3) is 5.42. The van der Waals surface area contributed by atoms with Gasteiger partial charge in [-0.3, -0.25) is 0 Å². The Bertz CT molecular complexity index is 1140. The summed E-state index contributed by atoms with van der Waals surface area (Å²) in [6.45, 7) is 2.07. The maximum atomic E-state index is 14.7. The zero-order valence-corrected chi connectivity index (χ0v) is 18.0. The van der Waals surface area contributed by atoms with Crippen molar-refractivity contribution in [2.24, 2.45) is 5.92 Å². The second kappa shape index (κ2) is 9.92. The van der Waals surface area contributed by atoms with Crippen LogP contribution >= 0.6 is 0 Å². The SMILES string of the molecule is C/C=C/CCC1CCC(c2ccc(C#Cc3ccc4cc(F)ccc4c3)c(F)c2)CC1. The molecule has 0 N–H and O–H groups in total. The molecule has 1 aliphatic rings. The molecule has 4 rings (SSSR count). The average Bonchev–Trinajstić information content (AvgIpc) is 2.79. The standard InChI is InChI=1S/C29H28F2/c1-2-3-4-5-21-6-10-23(11-7-21)27-15-14-24(29(31)20-27)12-8-22-9-13-26-19-28(30)17-16-25(26)18-22/h2-3,9,13-21,23H,4-7,10-11H2,1H3/b3-2+. The molecule has 0 aliphatic heterocycles. The highest BCUT2D eigenvalue weighted by molar-refractivity contribution is 5.84. The fourth-order valence-corrected chi connectivity index (χ4v) is 4.60. The number of hydrogen-bond donors (Lipinski definition) is 0. The molecule has 3 aromatic carbocycles. The number of halogens is 2. The van der Waals surface area contributed by atoms with Crippen molar-refractivity contribution in [1.82, 2.24) is 0 Å². The topological polar surface area (TPSA) is 0 Å². The molecule has 0 atom stereocenters. The van der Waals surface area contributed by atoms with E-state index < -0.39 is 0 Å². The van der Waals surface area contributed by atoms with E-state index in [0.717, 1.165) is 40.7 Å². The minimum absolute atomic E-state index is 0.247. The Morgan fingerprint density at radius 1 is 0.871 bits per heavy atom. The first-order valence-electron chi connectivity index (χ1n) is 11.2. The number of allylic oxidation sites excluding steroid dienone is 2. The average molecular weight is 415 g/mol. The van der Waals surface area contributed by atoms with Gasteiger partial charge in [-0.2, -0.15) is 0 Å². The van der Waals surface area contributed by atoms with E-state index >= 15 is 0 Å². The molecule has 0 radical (unpaired) electrons. The van der Waals surface area contributed by atoms with Crippen molar-refractivity contribution in [3.63, 3.8) is 0 Å².